The lowest BCUT2D eigenvalue weighted by molar-refractivity contribution is 0.444. The first-order chi connectivity index (χ1) is 7.25. The van der Waals surface area contributed by atoms with E-state index in [1.54, 1.807) is 11.8 Å². The number of nitrogens with zero attached hydrogens (tertiary/aromatic N) is 1. The second-order valence-corrected chi connectivity index (χ2v) is 4.79. The van der Waals surface area contributed by atoms with Gasteiger partial charge in [-0.15, -0.1) is 0 Å². The lowest BCUT2D eigenvalue weighted by atomic mass is 10.2. The van der Waals surface area contributed by atoms with E-state index in [9.17, 15) is 0 Å². The van der Waals surface area contributed by atoms with Gasteiger partial charge in [-0.25, -0.2) is 0 Å². The fraction of sp³-hybridized carbons (Fsp3) is 0.545. The van der Waals surface area contributed by atoms with E-state index >= 15 is 0 Å². The lowest BCUT2D eigenvalue weighted by Gasteiger charge is -2.17. The summed E-state index contributed by atoms with van der Waals surface area (Å²) >= 11 is 1.79. The topological polar surface area (TPSA) is 37.5 Å². The van der Waals surface area contributed by atoms with Crippen molar-refractivity contribution in [3.05, 3.63) is 23.7 Å². The van der Waals surface area contributed by atoms with Crippen LogP contribution in [0.1, 0.15) is 30.9 Å². The minimum absolute atomic E-state index is 0.197. The molecule has 0 spiro atoms. The number of aliphatic imine (C=N–C) groups is 1. The molecule has 0 fully saturated rings. The molecule has 1 unspecified atom stereocenters. The summed E-state index contributed by atoms with van der Waals surface area (Å²) in [6.07, 6.45) is 1.18. The molecule has 0 saturated carbocycles. The zero-order valence-corrected chi connectivity index (χ0v) is 9.93. The molecule has 2 heterocycles. The fourth-order valence-corrected chi connectivity index (χ4v) is 2.40. The van der Waals surface area contributed by atoms with E-state index in [4.69, 9.17) is 4.42 Å². The third kappa shape index (κ3) is 2.78. The van der Waals surface area contributed by atoms with Gasteiger partial charge in [0.05, 0.1) is 6.04 Å². The number of rotatable bonds is 2. The smallest absolute Gasteiger partial charge is 0.157 e. The Morgan fingerprint density at radius 3 is 3.00 bits per heavy atom. The molecule has 0 bridgehead atoms. The number of nitrogens with one attached hydrogen (secondary N) is 1. The zero-order chi connectivity index (χ0) is 10.7. The van der Waals surface area contributed by atoms with Crippen LogP contribution in [0.3, 0.4) is 0 Å². The summed E-state index contributed by atoms with van der Waals surface area (Å²) in [6.45, 7) is 5.00. The average Bonchev–Trinajstić information content (AvgIpc) is 2.66. The predicted octanol–water partition coefficient (Wildman–Crippen LogP) is 2.73. The molecule has 1 aliphatic heterocycles. The van der Waals surface area contributed by atoms with Crippen LogP contribution < -0.4 is 5.32 Å². The third-order valence-electron chi connectivity index (χ3n) is 2.32. The first-order valence-electron chi connectivity index (χ1n) is 5.26. The molecule has 3 nitrogen and oxygen atoms in total. The SMILES string of the molecule is Cc1ccc(C(C)NC2=NCCCS2)o1. The van der Waals surface area contributed by atoms with Gasteiger partial charge in [-0.1, -0.05) is 11.8 Å². The minimum atomic E-state index is 0.197. The first kappa shape index (κ1) is 10.6. The normalized spacial score (nSPS) is 18.4. The van der Waals surface area contributed by atoms with E-state index in [0.717, 1.165) is 29.0 Å². The molecule has 0 aliphatic carbocycles. The summed E-state index contributed by atoms with van der Waals surface area (Å²) in [5, 5.41) is 4.41. The van der Waals surface area contributed by atoms with E-state index in [1.165, 1.54) is 6.42 Å². The minimum Gasteiger partial charge on any atom is -0.464 e. The number of hydrogen-bond donors (Lipinski definition) is 1. The summed E-state index contributed by atoms with van der Waals surface area (Å²) in [7, 11) is 0. The van der Waals surface area contributed by atoms with Crippen molar-refractivity contribution < 1.29 is 4.42 Å². The predicted molar refractivity (Wildman–Crippen MR) is 64.4 cm³/mol. The van der Waals surface area contributed by atoms with E-state index in [-0.39, 0.29) is 6.04 Å². The van der Waals surface area contributed by atoms with Crippen molar-refractivity contribution in [2.24, 2.45) is 4.99 Å². The van der Waals surface area contributed by atoms with Crippen molar-refractivity contribution >= 4 is 16.9 Å². The van der Waals surface area contributed by atoms with Gasteiger partial charge in [0.25, 0.3) is 0 Å². The van der Waals surface area contributed by atoms with Crippen LogP contribution in [-0.2, 0) is 0 Å². The molecule has 1 aromatic heterocycles. The van der Waals surface area contributed by atoms with Crippen LogP contribution >= 0.6 is 11.8 Å². The third-order valence-corrected chi connectivity index (χ3v) is 3.34. The summed E-state index contributed by atoms with van der Waals surface area (Å²) in [4.78, 5) is 4.43. The number of furan rings is 1. The van der Waals surface area contributed by atoms with Crippen LogP contribution in [0.25, 0.3) is 0 Å². The molecule has 1 N–H and O–H groups in total. The Morgan fingerprint density at radius 1 is 1.53 bits per heavy atom. The van der Waals surface area contributed by atoms with Crippen molar-refractivity contribution in [2.45, 2.75) is 26.3 Å². The van der Waals surface area contributed by atoms with Crippen LogP contribution in [0.15, 0.2) is 21.5 Å². The Kier molecular flexibility index (Phi) is 3.36. The zero-order valence-electron chi connectivity index (χ0n) is 9.12. The second-order valence-electron chi connectivity index (χ2n) is 3.70. The van der Waals surface area contributed by atoms with Crippen LogP contribution in [-0.4, -0.2) is 17.5 Å². The van der Waals surface area contributed by atoms with Crippen molar-refractivity contribution in [1.82, 2.24) is 5.32 Å². The van der Waals surface area contributed by atoms with Gasteiger partial charge < -0.3 is 9.73 Å². The van der Waals surface area contributed by atoms with Gasteiger partial charge in [-0.2, -0.15) is 0 Å². The lowest BCUT2D eigenvalue weighted by Crippen LogP contribution is -2.26. The Bertz CT molecular complexity index is 359. The molecule has 15 heavy (non-hydrogen) atoms. The Labute approximate surface area is 94.3 Å². The Morgan fingerprint density at radius 2 is 2.40 bits per heavy atom. The largest absolute Gasteiger partial charge is 0.464 e. The summed E-state index contributed by atoms with van der Waals surface area (Å²) in [5.41, 5.74) is 0. The van der Waals surface area contributed by atoms with Gasteiger partial charge in [0.2, 0.25) is 0 Å². The maximum absolute atomic E-state index is 5.56. The molecule has 4 heteroatoms. The van der Waals surface area contributed by atoms with Gasteiger partial charge in [0, 0.05) is 12.3 Å². The van der Waals surface area contributed by atoms with E-state index in [0.29, 0.717) is 0 Å². The maximum atomic E-state index is 5.56. The number of aryl methyl sites for hydroxylation is 1. The average molecular weight is 224 g/mol. The number of thioether (sulfide) groups is 1. The second kappa shape index (κ2) is 4.75. The number of hydrogen-bond acceptors (Lipinski definition) is 4. The van der Waals surface area contributed by atoms with Crippen LogP contribution in [0.4, 0.5) is 0 Å². The molecule has 0 amide bonds. The summed E-state index contributed by atoms with van der Waals surface area (Å²) in [6, 6.07) is 4.20. The monoisotopic (exact) mass is 224 g/mol. The summed E-state index contributed by atoms with van der Waals surface area (Å²) < 4.78 is 5.56. The fourth-order valence-electron chi connectivity index (χ4n) is 1.49. The van der Waals surface area contributed by atoms with E-state index in [1.807, 2.05) is 19.1 Å². The van der Waals surface area contributed by atoms with Gasteiger partial charge in [0.15, 0.2) is 5.17 Å². The molecule has 82 valence electrons. The first-order valence-corrected chi connectivity index (χ1v) is 6.24. The molecule has 1 aromatic rings. The number of amidine groups is 1. The van der Waals surface area contributed by atoms with Crippen LogP contribution in [0.2, 0.25) is 0 Å². The van der Waals surface area contributed by atoms with Gasteiger partial charge in [-0.3, -0.25) is 4.99 Å². The van der Waals surface area contributed by atoms with Crippen LogP contribution in [0, 0.1) is 6.92 Å². The van der Waals surface area contributed by atoms with Crippen molar-refractivity contribution in [3.63, 3.8) is 0 Å². The standard InChI is InChI=1S/C11H16N2OS/c1-8-4-5-10(14-8)9(2)13-11-12-6-3-7-15-11/h4-5,9H,3,6-7H2,1-2H3,(H,12,13). The summed E-state index contributed by atoms with van der Waals surface area (Å²) in [5.74, 6) is 3.09. The molecule has 1 atom stereocenters. The molecule has 0 radical (unpaired) electrons. The highest BCUT2D eigenvalue weighted by molar-refractivity contribution is 8.13. The Hall–Kier alpha value is -0.900. The maximum Gasteiger partial charge on any atom is 0.157 e. The molecule has 0 saturated heterocycles. The highest BCUT2D eigenvalue weighted by atomic mass is 32.2. The molecule has 1 aliphatic rings. The molecular formula is C11H16N2OS. The van der Waals surface area contributed by atoms with E-state index < -0.39 is 0 Å². The van der Waals surface area contributed by atoms with Crippen molar-refractivity contribution in [3.8, 4) is 0 Å². The molecule has 2 rings (SSSR count). The highest BCUT2D eigenvalue weighted by Gasteiger charge is 2.13. The van der Waals surface area contributed by atoms with Gasteiger partial charge in [-0.05, 0) is 32.4 Å². The molecule has 0 aromatic carbocycles. The molecular weight excluding hydrogens is 208 g/mol. The Balaban J connectivity index is 1.97. The quantitative estimate of drug-likeness (QED) is 0.839. The van der Waals surface area contributed by atoms with Gasteiger partial charge >= 0.3 is 0 Å². The van der Waals surface area contributed by atoms with Crippen LogP contribution in [0.5, 0.6) is 0 Å². The van der Waals surface area contributed by atoms with Gasteiger partial charge in [0.1, 0.15) is 11.5 Å². The van der Waals surface area contributed by atoms with E-state index in [2.05, 4.69) is 17.2 Å². The highest BCUT2D eigenvalue weighted by Crippen LogP contribution is 2.18. The van der Waals surface area contributed by atoms with Crippen molar-refractivity contribution in [2.75, 3.05) is 12.3 Å². The van der Waals surface area contributed by atoms with Crippen molar-refractivity contribution in [1.29, 1.82) is 0 Å².